The second-order valence-electron chi connectivity index (χ2n) is 7.27. The van der Waals surface area contributed by atoms with E-state index < -0.39 is 8.32 Å². The van der Waals surface area contributed by atoms with Gasteiger partial charge in [0.2, 0.25) is 0 Å². The molecule has 0 spiro atoms. The summed E-state index contributed by atoms with van der Waals surface area (Å²) in [5.41, 5.74) is 0. The van der Waals surface area contributed by atoms with E-state index >= 15 is 0 Å². The first-order valence-corrected chi connectivity index (χ1v) is 11.6. The van der Waals surface area contributed by atoms with Crippen molar-refractivity contribution in [3.8, 4) is 0 Å². The van der Waals surface area contributed by atoms with Crippen LogP contribution in [0.5, 0.6) is 0 Å². The molecule has 1 aromatic carbocycles. The van der Waals surface area contributed by atoms with Crippen molar-refractivity contribution in [2.24, 2.45) is 0 Å². The number of ether oxygens (including phenoxy) is 1. The summed E-state index contributed by atoms with van der Waals surface area (Å²) in [5.74, 6) is 0.608. The average Bonchev–Trinajstić information content (AvgIpc) is 2.75. The van der Waals surface area contributed by atoms with E-state index in [1.807, 2.05) is 18.2 Å². The predicted molar refractivity (Wildman–Crippen MR) is 93.7 cm³/mol. The monoisotopic (exact) mass is 338 g/mol. The van der Waals surface area contributed by atoms with Crippen LogP contribution >= 0.6 is 11.8 Å². The van der Waals surface area contributed by atoms with Crippen molar-refractivity contribution in [2.75, 3.05) is 5.75 Å². The number of benzene rings is 1. The molecule has 122 valence electrons. The van der Waals surface area contributed by atoms with E-state index in [2.05, 4.69) is 46.0 Å². The molecular weight excluding hydrogens is 312 g/mol. The Labute approximate surface area is 138 Å². The molecule has 0 aliphatic carbocycles. The second kappa shape index (κ2) is 6.77. The standard InChI is InChI=1S/C17H26O3SSi/c1-17(2,3)22(4,5)20-14-11-16(18)19-15(14)12-21-13-9-7-6-8-10-13/h6-10,14-15H,11-12H2,1-5H3/t14-,15+/m1/s1. The molecule has 1 aliphatic rings. The fourth-order valence-corrected chi connectivity index (χ4v) is 4.43. The van der Waals surface area contributed by atoms with Gasteiger partial charge in [0.05, 0.1) is 12.5 Å². The summed E-state index contributed by atoms with van der Waals surface area (Å²) in [6.45, 7) is 11.1. The van der Waals surface area contributed by atoms with Gasteiger partial charge in [-0.2, -0.15) is 0 Å². The van der Waals surface area contributed by atoms with Crippen LogP contribution in [-0.4, -0.2) is 32.2 Å². The number of esters is 1. The van der Waals surface area contributed by atoms with Gasteiger partial charge in [-0.25, -0.2) is 0 Å². The summed E-state index contributed by atoms with van der Waals surface area (Å²) >= 11 is 1.72. The van der Waals surface area contributed by atoms with E-state index in [0.29, 0.717) is 6.42 Å². The molecule has 0 bridgehead atoms. The first kappa shape index (κ1) is 17.6. The third-order valence-corrected chi connectivity index (χ3v) is 10.1. The minimum absolute atomic E-state index is 0.107. The summed E-state index contributed by atoms with van der Waals surface area (Å²) in [6, 6.07) is 10.2. The Balaban J connectivity index is 1.99. The van der Waals surface area contributed by atoms with Gasteiger partial charge in [-0.3, -0.25) is 4.79 Å². The molecule has 0 unspecified atom stereocenters. The van der Waals surface area contributed by atoms with Crippen LogP contribution in [0.25, 0.3) is 0 Å². The van der Waals surface area contributed by atoms with E-state index in [1.54, 1.807) is 11.8 Å². The molecule has 0 radical (unpaired) electrons. The Bertz CT molecular complexity index is 510. The van der Waals surface area contributed by atoms with Crippen molar-refractivity contribution in [3.05, 3.63) is 30.3 Å². The summed E-state index contributed by atoms with van der Waals surface area (Å²) in [7, 11) is -1.89. The highest BCUT2D eigenvalue weighted by Crippen LogP contribution is 2.39. The van der Waals surface area contributed by atoms with Crippen molar-refractivity contribution < 1.29 is 14.0 Å². The Morgan fingerprint density at radius 1 is 1.27 bits per heavy atom. The number of rotatable bonds is 5. The number of hydrogen-bond donors (Lipinski definition) is 0. The minimum atomic E-state index is -1.89. The third kappa shape index (κ3) is 4.37. The zero-order valence-corrected chi connectivity index (χ0v) is 15.9. The van der Waals surface area contributed by atoms with Gasteiger partial charge < -0.3 is 9.16 Å². The van der Waals surface area contributed by atoms with Gasteiger partial charge in [-0.1, -0.05) is 39.0 Å². The lowest BCUT2D eigenvalue weighted by Crippen LogP contribution is -2.46. The molecule has 22 heavy (non-hydrogen) atoms. The molecule has 3 nitrogen and oxygen atoms in total. The fraction of sp³-hybridized carbons (Fsp3) is 0.588. The Kier molecular flexibility index (Phi) is 5.40. The van der Waals surface area contributed by atoms with Crippen LogP contribution in [0, 0.1) is 0 Å². The highest BCUT2D eigenvalue weighted by atomic mass is 32.2. The first-order valence-electron chi connectivity index (χ1n) is 7.74. The SMILES string of the molecule is CC(C)(C)[Si](C)(C)O[C@@H]1CC(=O)O[C@H]1CSc1ccccc1. The van der Waals surface area contributed by atoms with E-state index in [9.17, 15) is 4.79 Å². The Morgan fingerprint density at radius 3 is 2.50 bits per heavy atom. The van der Waals surface area contributed by atoms with Crippen LogP contribution in [-0.2, 0) is 14.0 Å². The molecule has 0 N–H and O–H groups in total. The van der Waals surface area contributed by atoms with Crippen LogP contribution in [0.2, 0.25) is 18.1 Å². The molecule has 0 amide bonds. The van der Waals surface area contributed by atoms with Gasteiger partial charge in [-0.15, -0.1) is 11.8 Å². The lowest BCUT2D eigenvalue weighted by atomic mass is 10.2. The molecule has 2 atom stereocenters. The number of cyclic esters (lactones) is 1. The normalized spacial score (nSPS) is 22.7. The summed E-state index contributed by atoms with van der Waals surface area (Å²) in [4.78, 5) is 12.9. The molecular formula is C17H26O3SSi. The number of carbonyl (C=O) groups excluding carboxylic acids is 1. The predicted octanol–water partition coefficient (Wildman–Crippen LogP) is 4.48. The van der Waals surface area contributed by atoms with Crippen LogP contribution in [0.3, 0.4) is 0 Å². The first-order chi connectivity index (χ1) is 10.2. The number of carbonyl (C=O) groups is 1. The lowest BCUT2D eigenvalue weighted by molar-refractivity contribution is -0.140. The molecule has 1 fully saturated rings. The van der Waals surface area contributed by atoms with Crippen molar-refractivity contribution in [1.82, 2.24) is 0 Å². The van der Waals surface area contributed by atoms with Crippen molar-refractivity contribution >= 4 is 26.0 Å². The second-order valence-corrected chi connectivity index (χ2v) is 13.1. The fourth-order valence-electron chi connectivity index (χ4n) is 2.10. The summed E-state index contributed by atoms with van der Waals surface area (Å²) in [5, 5.41) is 0.135. The molecule has 1 saturated heterocycles. The topological polar surface area (TPSA) is 35.5 Å². The van der Waals surface area contributed by atoms with Crippen LogP contribution in [0.4, 0.5) is 0 Å². The van der Waals surface area contributed by atoms with Gasteiger partial charge >= 0.3 is 5.97 Å². The van der Waals surface area contributed by atoms with E-state index in [-0.39, 0.29) is 23.2 Å². The van der Waals surface area contributed by atoms with Gasteiger partial charge in [-0.05, 0) is 30.3 Å². The maximum absolute atomic E-state index is 11.7. The van der Waals surface area contributed by atoms with Crippen LogP contribution in [0.1, 0.15) is 27.2 Å². The van der Waals surface area contributed by atoms with Gasteiger partial charge in [0.15, 0.2) is 8.32 Å². The maximum atomic E-state index is 11.7. The Morgan fingerprint density at radius 2 is 1.91 bits per heavy atom. The maximum Gasteiger partial charge on any atom is 0.308 e. The zero-order valence-electron chi connectivity index (χ0n) is 14.1. The van der Waals surface area contributed by atoms with Gasteiger partial charge in [0, 0.05) is 10.6 Å². The van der Waals surface area contributed by atoms with E-state index in [4.69, 9.17) is 9.16 Å². The van der Waals surface area contributed by atoms with Gasteiger partial charge in [0.25, 0.3) is 0 Å². The molecule has 1 aromatic rings. The van der Waals surface area contributed by atoms with Crippen molar-refractivity contribution in [3.63, 3.8) is 0 Å². The number of thioether (sulfide) groups is 1. The van der Waals surface area contributed by atoms with Crippen LogP contribution < -0.4 is 0 Å². The zero-order chi connectivity index (χ0) is 16.4. The third-order valence-electron chi connectivity index (χ3n) is 4.48. The summed E-state index contributed by atoms with van der Waals surface area (Å²) < 4.78 is 11.9. The van der Waals surface area contributed by atoms with Gasteiger partial charge in [0.1, 0.15) is 6.10 Å². The van der Waals surface area contributed by atoms with E-state index in [0.717, 1.165) is 5.75 Å². The highest BCUT2D eigenvalue weighted by Gasteiger charge is 2.44. The smallest absolute Gasteiger partial charge is 0.308 e. The summed E-state index contributed by atoms with van der Waals surface area (Å²) in [6.07, 6.45) is 0.128. The van der Waals surface area contributed by atoms with E-state index in [1.165, 1.54) is 4.90 Å². The average molecular weight is 339 g/mol. The van der Waals surface area contributed by atoms with Crippen molar-refractivity contribution in [2.45, 2.75) is 62.4 Å². The molecule has 1 heterocycles. The lowest BCUT2D eigenvalue weighted by Gasteiger charge is -2.39. The molecule has 5 heteroatoms. The molecule has 2 rings (SSSR count). The highest BCUT2D eigenvalue weighted by molar-refractivity contribution is 7.99. The quantitative estimate of drug-likeness (QED) is 0.450. The number of hydrogen-bond acceptors (Lipinski definition) is 4. The Hall–Kier alpha value is -0.783. The molecule has 1 aliphatic heterocycles. The van der Waals surface area contributed by atoms with Crippen molar-refractivity contribution in [1.29, 1.82) is 0 Å². The minimum Gasteiger partial charge on any atom is -0.459 e. The largest absolute Gasteiger partial charge is 0.459 e. The molecule has 0 aromatic heterocycles. The van der Waals surface area contributed by atoms with Crippen LogP contribution in [0.15, 0.2) is 35.2 Å². The molecule has 0 saturated carbocycles.